The van der Waals surface area contributed by atoms with E-state index in [0.29, 0.717) is 6.54 Å². The zero-order chi connectivity index (χ0) is 24.8. The highest BCUT2D eigenvalue weighted by molar-refractivity contribution is 5.96. The minimum atomic E-state index is -5.01. The molecule has 33 heavy (non-hydrogen) atoms. The number of carbonyl (C=O) groups excluding carboxylic acids is 1. The summed E-state index contributed by atoms with van der Waals surface area (Å²) in [6.07, 6.45) is -11.8. The molecule has 186 valence electrons. The van der Waals surface area contributed by atoms with E-state index in [0.717, 1.165) is 18.2 Å². The molecule has 0 unspecified atom stereocenters. The van der Waals surface area contributed by atoms with Crippen LogP contribution in [0.5, 0.6) is 11.5 Å². The molecule has 0 aliphatic carbocycles. The molecule has 2 N–H and O–H groups in total. The van der Waals surface area contributed by atoms with Gasteiger partial charge in [-0.15, -0.1) is 13.2 Å². The van der Waals surface area contributed by atoms with Crippen molar-refractivity contribution in [1.82, 2.24) is 10.5 Å². The zero-order valence-electron chi connectivity index (χ0n) is 17.5. The third-order valence-corrected chi connectivity index (χ3v) is 4.49. The van der Waals surface area contributed by atoms with Gasteiger partial charge in [0.2, 0.25) is 6.10 Å². The van der Waals surface area contributed by atoms with Crippen LogP contribution in [0.1, 0.15) is 18.1 Å². The first-order chi connectivity index (χ1) is 15.4. The van der Waals surface area contributed by atoms with Gasteiger partial charge in [-0.3, -0.25) is 10.0 Å². The Bertz CT molecular complexity index is 858. The van der Waals surface area contributed by atoms with Gasteiger partial charge in [-0.1, -0.05) is 12.6 Å². The maximum absolute atomic E-state index is 13.6. The van der Waals surface area contributed by atoms with Crippen LogP contribution in [0.2, 0.25) is 0 Å². The van der Waals surface area contributed by atoms with Crippen molar-refractivity contribution in [2.24, 2.45) is 0 Å². The summed E-state index contributed by atoms with van der Waals surface area (Å²) in [5, 5.41) is 8.30. The van der Waals surface area contributed by atoms with E-state index in [-0.39, 0.29) is 43.1 Å². The second kappa shape index (κ2) is 11.0. The minimum absolute atomic E-state index is 0.0471. The number of hydrogen-bond donors (Lipinski definition) is 2. The molecule has 0 spiro atoms. The van der Waals surface area contributed by atoms with Gasteiger partial charge in [-0.25, -0.2) is 4.79 Å². The van der Waals surface area contributed by atoms with Crippen molar-refractivity contribution in [2.45, 2.75) is 32.0 Å². The Morgan fingerprint density at radius 3 is 2.42 bits per heavy atom. The van der Waals surface area contributed by atoms with Crippen LogP contribution in [-0.2, 0) is 20.8 Å². The van der Waals surface area contributed by atoms with Gasteiger partial charge in [0, 0.05) is 18.7 Å². The first kappa shape index (κ1) is 26.7. The second-order valence-electron chi connectivity index (χ2n) is 6.92. The predicted octanol–water partition coefficient (Wildman–Crippen LogP) is 3.24. The molecule has 1 atom stereocenters. The first-order valence-corrected chi connectivity index (χ1v) is 9.60. The van der Waals surface area contributed by atoms with Gasteiger partial charge in [0.1, 0.15) is 18.1 Å². The number of fused-ring (bicyclic) bond motifs is 1. The Morgan fingerprint density at radius 2 is 1.85 bits per heavy atom. The van der Waals surface area contributed by atoms with Crippen molar-refractivity contribution >= 4 is 12.0 Å². The lowest BCUT2D eigenvalue weighted by molar-refractivity contribution is -0.274. The maximum atomic E-state index is 13.6. The molecule has 0 aromatic heterocycles. The molecule has 1 aromatic carbocycles. The Balaban J connectivity index is 2.26. The monoisotopic (exact) mass is 488 g/mol. The fraction of sp³-hybridized carbons (Fsp3) is 0.526. The number of benzene rings is 1. The highest BCUT2D eigenvalue weighted by Gasteiger charge is 2.49. The summed E-state index contributed by atoms with van der Waals surface area (Å²) in [5.74, 6) is -2.27. The summed E-state index contributed by atoms with van der Waals surface area (Å²) in [7, 11) is 1.61. The molecule has 1 heterocycles. The van der Waals surface area contributed by atoms with Gasteiger partial charge in [0.25, 0.3) is 0 Å². The van der Waals surface area contributed by atoms with Crippen LogP contribution in [0, 0.1) is 0 Å². The van der Waals surface area contributed by atoms with E-state index in [1.165, 1.54) is 12.6 Å². The molecule has 2 rings (SSSR count). The Kier molecular flexibility index (Phi) is 8.94. The predicted molar refractivity (Wildman–Crippen MR) is 100 cm³/mol. The van der Waals surface area contributed by atoms with Crippen LogP contribution in [0.25, 0.3) is 6.08 Å². The van der Waals surface area contributed by atoms with Crippen molar-refractivity contribution < 1.29 is 55.4 Å². The van der Waals surface area contributed by atoms with Crippen LogP contribution >= 0.6 is 0 Å². The topological polar surface area (TPSA) is 89.5 Å². The lowest BCUT2D eigenvalue weighted by atomic mass is 9.97. The number of aryl methyl sites for hydroxylation is 1. The molecule has 0 saturated carbocycles. The third-order valence-electron chi connectivity index (χ3n) is 4.49. The van der Waals surface area contributed by atoms with Crippen LogP contribution in [0.15, 0.2) is 17.7 Å². The van der Waals surface area contributed by atoms with Crippen molar-refractivity contribution in [3.05, 3.63) is 28.8 Å². The number of hydrogen-bond acceptors (Lipinski definition) is 8. The number of likely N-dealkylation sites (N-methyl/N-ethyl adjacent to an activating group) is 1. The number of carbonyl (C=O) groups is 1. The molecular formula is C19H22F6N2O6. The normalized spacial score (nSPS) is 16.2. The number of nitrogens with zero attached hydrogens (tertiary/aromatic N) is 1. The van der Waals surface area contributed by atoms with Gasteiger partial charge >= 0.3 is 18.5 Å². The Hall–Kier alpha value is -2.55. The smallest absolute Gasteiger partial charge is 0.475 e. The molecule has 14 heteroatoms. The number of nitrogens with one attached hydrogen (secondary N) is 1. The Labute approximate surface area is 184 Å². The fourth-order valence-corrected chi connectivity index (χ4v) is 2.96. The highest BCUT2D eigenvalue weighted by atomic mass is 19.4. The molecule has 8 nitrogen and oxygen atoms in total. The molecule has 0 amide bonds. The van der Waals surface area contributed by atoms with E-state index >= 15 is 0 Å². The van der Waals surface area contributed by atoms with Crippen LogP contribution in [0.3, 0.4) is 0 Å². The summed E-state index contributed by atoms with van der Waals surface area (Å²) in [6.45, 7) is 1.75. The zero-order valence-corrected chi connectivity index (χ0v) is 17.5. The molecular weight excluding hydrogens is 466 g/mol. The summed E-state index contributed by atoms with van der Waals surface area (Å²) in [6, 6.07) is 1.77. The number of halogens is 6. The largest absolute Gasteiger partial charge is 0.573 e. The van der Waals surface area contributed by atoms with E-state index in [4.69, 9.17) is 14.7 Å². The van der Waals surface area contributed by atoms with Crippen molar-refractivity contribution in [2.75, 3.05) is 33.4 Å². The second-order valence-corrected chi connectivity index (χ2v) is 6.92. The van der Waals surface area contributed by atoms with Gasteiger partial charge in [0.15, 0.2) is 0 Å². The van der Waals surface area contributed by atoms with E-state index in [1.54, 1.807) is 11.9 Å². The SMILES string of the molecule is CCc1cc(OC(F)(F)F)cc2c1O[C@H](C(F)(F)F)C(C(=O)OCCN(C)CCONO)=C2. The standard InChI is InChI=1S/C19H22F6N2O6/c1-3-11-8-13(33-19(23,24)25)9-12-10-14(16(18(20,21)22)32-15(11)12)17(28)30-6-4-27(2)5-7-31-26-29/h8-10,16,26,29H,3-7H2,1-2H3/t16-/m0/s1. The van der Waals surface area contributed by atoms with Crippen molar-refractivity contribution in [3.8, 4) is 11.5 Å². The van der Waals surface area contributed by atoms with E-state index in [1.807, 2.05) is 0 Å². The fourth-order valence-electron chi connectivity index (χ4n) is 2.96. The molecule has 1 aliphatic heterocycles. The van der Waals surface area contributed by atoms with Gasteiger partial charge < -0.3 is 19.1 Å². The number of esters is 1. The summed E-state index contributed by atoms with van der Waals surface area (Å²) in [5.41, 5.74) is 0.448. The quantitative estimate of drug-likeness (QED) is 0.225. The highest BCUT2D eigenvalue weighted by Crippen LogP contribution is 2.42. The van der Waals surface area contributed by atoms with E-state index < -0.39 is 35.9 Å². The number of ether oxygens (including phenoxy) is 3. The molecule has 1 aliphatic rings. The molecule has 0 saturated heterocycles. The van der Waals surface area contributed by atoms with Crippen molar-refractivity contribution in [3.63, 3.8) is 0 Å². The number of alkyl halides is 6. The van der Waals surface area contributed by atoms with Gasteiger partial charge in [-0.05, 0) is 37.2 Å². The average molecular weight is 488 g/mol. The third kappa shape index (κ3) is 7.77. The maximum Gasteiger partial charge on any atom is 0.573 e. The van der Waals surface area contributed by atoms with Crippen LogP contribution < -0.4 is 15.1 Å². The van der Waals surface area contributed by atoms with E-state index in [2.05, 4.69) is 9.57 Å². The molecule has 0 bridgehead atoms. The molecule has 0 radical (unpaired) electrons. The average Bonchev–Trinajstić information content (AvgIpc) is 2.70. The van der Waals surface area contributed by atoms with Crippen LogP contribution in [-0.4, -0.2) is 68.1 Å². The van der Waals surface area contributed by atoms with Crippen molar-refractivity contribution in [1.29, 1.82) is 0 Å². The lowest BCUT2D eigenvalue weighted by Gasteiger charge is -2.29. The van der Waals surface area contributed by atoms with Gasteiger partial charge in [-0.2, -0.15) is 13.2 Å². The molecule has 1 aromatic rings. The van der Waals surface area contributed by atoms with Crippen LogP contribution in [0.4, 0.5) is 26.3 Å². The van der Waals surface area contributed by atoms with Gasteiger partial charge in [0.05, 0.1) is 12.2 Å². The molecule has 0 fully saturated rings. The summed E-state index contributed by atoms with van der Waals surface area (Å²) in [4.78, 5) is 18.5. The summed E-state index contributed by atoms with van der Waals surface area (Å²) >= 11 is 0. The minimum Gasteiger partial charge on any atom is -0.475 e. The van der Waals surface area contributed by atoms with E-state index in [9.17, 15) is 31.1 Å². The summed E-state index contributed by atoms with van der Waals surface area (Å²) < 4.78 is 92.5. The first-order valence-electron chi connectivity index (χ1n) is 9.60. The number of rotatable bonds is 10. The lowest BCUT2D eigenvalue weighted by Crippen LogP contribution is -2.41. The Morgan fingerprint density at radius 1 is 1.18 bits per heavy atom.